The Morgan fingerprint density at radius 2 is 2.57 bits per heavy atom. The molecule has 1 saturated heterocycles. The second-order valence-electron chi connectivity index (χ2n) is 3.83. The lowest BCUT2D eigenvalue weighted by molar-refractivity contribution is -0.125. The first-order valence-corrected chi connectivity index (χ1v) is 4.90. The van der Waals surface area contributed by atoms with Crippen LogP contribution in [0.5, 0.6) is 0 Å². The quantitative estimate of drug-likeness (QED) is 0.707. The van der Waals surface area contributed by atoms with Gasteiger partial charge >= 0.3 is 0 Å². The summed E-state index contributed by atoms with van der Waals surface area (Å²) in [6, 6.07) is 1.86. The van der Waals surface area contributed by atoms with Gasteiger partial charge in [-0.25, -0.2) is 0 Å². The number of hydrogen-bond acceptors (Lipinski definition) is 4. The summed E-state index contributed by atoms with van der Waals surface area (Å²) in [6.07, 6.45) is 2.31. The molecule has 1 atom stereocenters. The Hall–Kier alpha value is -1.16. The average Bonchev–Trinajstić information content (AvgIpc) is 2.64. The van der Waals surface area contributed by atoms with Gasteiger partial charge in [0, 0.05) is 31.5 Å². The summed E-state index contributed by atoms with van der Waals surface area (Å²) in [4.78, 5) is 13.5. The molecule has 1 aromatic rings. The minimum absolute atomic E-state index is 0.159. The number of rotatable bonds is 2. The van der Waals surface area contributed by atoms with E-state index in [4.69, 9.17) is 4.52 Å². The van der Waals surface area contributed by atoms with Crippen molar-refractivity contribution in [3.63, 3.8) is 0 Å². The van der Waals surface area contributed by atoms with E-state index < -0.39 is 0 Å². The van der Waals surface area contributed by atoms with Crippen molar-refractivity contribution in [1.29, 1.82) is 0 Å². The van der Waals surface area contributed by atoms with Crippen molar-refractivity contribution < 1.29 is 9.32 Å². The lowest BCUT2D eigenvalue weighted by Crippen LogP contribution is -2.38. The predicted octanol–water partition coefficient (Wildman–Crippen LogP) is 1.09. The van der Waals surface area contributed by atoms with Crippen molar-refractivity contribution in [2.45, 2.75) is 19.9 Å². The summed E-state index contributed by atoms with van der Waals surface area (Å²) < 4.78 is 5.02. The van der Waals surface area contributed by atoms with Gasteiger partial charge in [0.15, 0.2) is 5.76 Å². The third kappa shape index (κ3) is 2.01. The highest BCUT2D eigenvalue weighted by molar-refractivity contribution is 5.81. The summed E-state index contributed by atoms with van der Waals surface area (Å²) >= 11 is 0. The zero-order valence-corrected chi connectivity index (χ0v) is 8.27. The van der Waals surface area contributed by atoms with E-state index in [-0.39, 0.29) is 5.92 Å². The molecule has 1 aromatic heterocycles. The van der Waals surface area contributed by atoms with Crippen LogP contribution in [-0.4, -0.2) is 28.9 Å². The molecule has 0 saturated carbocycles. The van der Waals surface area contributed by atoms with Crippen LogP contribution in [0.4, 0.5) is 0 Å². The molecule has 4 nitrogen and oxygen atoms in total. The van der Waals surface area contributed by atoms with E-state index in [1.54, 1.807) is 6.20 Å². The van der Waals surface area contributed by atoms with Crippen LogP contribution in [0.1, 0.15) is 19.1 Å². The second kappa shape index (κ2) is 3.92. The van der Waals surface area contributed by atoms with Gasteiger partial charge in [0.05, 0.1) is 12.7 Å². The van der Waals surface area contributed by atoms with Crippen LogP contribution in [0.2, 0.25) is 0 Å². The number of ketones is 1. The van der Waals surface area contributed by atoms with Gasteiger partial charge in [0.2, 0.25) is 0 Å². The van der Waals surface area contributed by atoms with Gasteiger partial charge in [-0.1, -0.05) is 12.1 Å². The van der Waals surface area contributed by atoms with Gasteiger partial charge in [0.25, 0.3) is 0 Å². The Morgan fingerprint density at radius 3 is 3.21 bits per heavy atom. The van der Waals surface area contributed by atoms with Crippen LogP contribution < -0.4 is 0 Å². The monoisotopic (exact) mass is 194 g/mol. The second-order valence-corrected chi connectivity index (χ2v) is 3.83. The molecule has 14 heavy (non-hydrogen) atoms. The van der Waals surface area contributed by atoms with E-state index >= 15 is 0 Å². The molecule has 76 valence electrons. The molecular formula is C10H14N2O2. The van der Waals surface area contributed by atoms with E-state index in [0.29, 0.717) is 12.2 Å². The molecule has 2 rings (SSSR count). The number of likely N-dealkylation sites (tertiary alicyclic amines) is 1. The van der Waals surface area contributed by atoms with Crippen molar-refractivity contribution >= 4 is 5.78 Å². The van der Waals surface area contributed by atoms with Crippen molar-refractivity contribution in [3.8, 4) is 0 Å². The van der Waals surface area contributed by atoms with Crippen molar-refractivity contribution in [2.75, 3.05) is 13.1 Å². The van der Waals surface area contributed by atoms with Gasteiger partial charge < -0.3 is 4.52 Å². The smallest absolute Gasteiger partial charge is 0.150 e. The molecule has 0 aliphatic carbocycles. The fraction of sp³-hybridized carbons (Fsp3) is 0.600. The van der Waals surface area contributed by atoms with Crippen LogP contribution in [0.15, 0.2) is 16.8 Å². The molecule has 1 fully saturated rings. The number of Topliss-reactive ketones (excluding diaryl/α,β-unsaturated/α-hetero) is 1. The fourth-order valence-electron chi connectivity index (χ4n) is 1.78. The maximum atomic E-state index is 11.3. The molecule has 0 bridgehead atoms. The largest absolute Gasteiger partial charge is 0.360 e. The predicted molar refractivity (Wildman–Crippen MR) is 50.6 cm³/mol. The van der Waals surface area contributed by atoms with Gasteiger partial charge in [-0.15, -0.1) is 0 Å². The molecule has 2 heterocycles. The topological polar surface area (TPSA) is 46.3 Å². The van der Waals surface area contributed by atoms with Crippen LogP contribution in [0, 0.1) is 5.92 Å². The Kier molecular flexibility index (Phi) is 2.63. The Balaban J connectivity index is 1.91. The summed E-state index contributed by atoms with van der Waals surface area (Å²) in [6.45, 7) is 4.41. The highest BCUT2D eigenvalue weighted by Crippen LogP contribution is 2.14. The number of aromatic nitrogens is 1. The Morgan fingerprint density at radius 1 is 1.71 bits per heavy atom. The zero-order valence-electron chi connectivity index (χ0n) is 8.27. The third-order valence-corrected chi connectivity index (χ3v) is 2.63. The summed E-state index contributed by atoms with van der Waals surface area (Å²) in [7, 11) is 0. The molecule has 1 aliphatic rings. The Labute approximate surface area is 82.9 Å². The standard InChI is InChI=1S/C10H14N2O2/c1-8-6-12(5-3-10(8)13)7-9-2-4-11-14-9/h2,4,8H,3,5-7H2,1H3. The SMILES string of the molecule is CC1CN(Cc2ccno2)CCC1=O. The summed E-state index contributed by atoms with van der Waals surface area (Å²) in [5, 5.41) is 3.65. The lowest BCUT2D eigenvalue weighted by Gasteiger charge is -2.28. The molecular weight excluding hydrogens is 180 g/mol. The summed E-state index contributed by atoms with van der Waals surface area (Å²) in [5.41, 5.74) is 0. The van der Waals surface area contributed by atoms with Crippen LogP contribution >= 0.6 is 0 Å². The molecule has 0 N–H and O–H groups in total. The minimum atomic E-state index is 0.159. The number of hydrogen-bond donors (Lipinski definition) is 0. The van der Waals surface area contributed by atoms with E-state index in [0.717, 1.165) is 25.4 Å². The maximum Gasteiger partial charge on any atom is 0.150 e. The summed E-state index contributed by atoms with van der Waals surface area (Å²) in [5.74, 6) is 1.40. The molecule has 0 aromatic carbocycles. The van der Waals surface area contributed by atoms with Crippen molar-refractivity contribution in [2.24, 2.45) is 5.92 Å². The maximum absolute atomic E-state index is 11.3. The first-order valence-electron chi connectivity index (χ1n) is 4.90. The molecule has 0 amide bonds. The number of carbonyl (C=O) groups excluding carboxylic acids is 1. The van der Waals surface area contributed by atoms with Gasteiger partial charge in [-0.05, 0) is 0 Å². The lowest BCUT2D eigenvalue weighted by atomic mass is 9.99. The highest BCUT2D eigenvalue weighted by atomic mass is 16.5. The number of nitrogens with zero attached hydrogens (tertiary/aromatic N) is 2. The van der Waals surface area contributed by atoms with Crippen LogP contribution in [-0.2, 0) is 11.3 Å². The van der Waals surface area contributed by atoms with Crippen LogP contribution in [0.3, 0.4) is 0 Å². The molecule has 0 spiro atoms. The fourth-order valence-corrected chi connectivity index (χ4v) is 1.78. The van der Waals surface area contributed by atoms with E-state index in [1.807, 2.05) is 13.0 Å². The first kappa shape index (κ1) is 9.40. The van der Waals surface area contributed by atoms with Crippen LogP contribution in [0.25, 0.3) is 0 Å². The number of piperidine rings is 1. The van der Waals surface area contributed by atoms with Crippen molar-refractivity contribution in [3.05, 3.63) is 18.0 Å². The normalized spacial score (nSPS) is 24.1. The van der Waals surface area contributed by atoms with Gasteiger partial charge in [-0.2, -0.15) is 0 Å². The zero-order chi connectivity index (χ0) is 9.97. The molecule has 4 heteroatoms. The van der Waals surface area contributed by atoms with E-state index in [1.165, 1.54) is 0 Å². The van der Waals surface area contributed by atoms with Crippen molar-refractivity contribution in [1.82, 2.24) is 10.1 Å². The number of carbonyl (C=O) groups is 1. The highest BCUT2D eigenvalue weighted by Gasteiger charge is 2.23. The minimum Gasteiger partial charge on any atom is -0.360 e. The molecule has 1 unspecified atom stereocenters. The molecule has 1 aliphatic heterocycles. The first-order chi connectivity index (χ1) is 6.75. The van der Waals surface area contributed by atoms with Gasteiger partial charge in [-0.3, -0.25) is 9.69 Å². The van der Waals surface area contributed by atoms with E-state index in [9.17, 15) is 4.79 Å². The molecule has 0 radical (unpaired) electrons. The average molecular weight is 194 g/mol. The van der Waals surface area contributed by atoms with E-state index in [2.05, 4.69) is 10.1 Å². The van der Waals surface area contributed by atoms with Gasteiger partial charge in [0.1, 0.15) is 5.78 Å². The third-order valence-electron chi connectivity index (χ3n) is 2.63. The Bertz CT molecular complexity index is 308.